The average molecular weight is 388 g/mol. The van der Waals surface area contributed by atoms with E-state index in [4.69, 9.17) is 11.6 Å². The molecule has 2 amide bonds. The molecule has 1 aliphatic heterocycles. The van der Waals surface area contributed by atoms with Gasteiger partial charge < -0.3 is 10.2 Å². The first-order chi connectivity index (χ1) is 12.9. The van der Waals surface area contributed by atoms with Crippen LogP contribution in [-0.2, 0) is 11.2 Å². The minimum absolute atomic E-state index is 0.0337. The molecule has 2 aromatic carbocycles. The van der Waals surface area contributed by atoms with Gasteiger partial charge in [0.25, 0.3) is 11.6 Å². The topological polar surface area (TPSA) is 92.6 Å². The summed E-state index contributed by atoms with van der Waals surface area (Å²) in [6.45, 7) is 2.67. The molecule has 0 aliphatic carbocycles. The standard InChI is InChI=1S/C19H18ClN3O4/c1-2-9-22-17-7-4-13(10-12(17)3-8-18(22)24)21-19(25)15-11-14(23(26)27)5-6-16(15)20/h4-7,10-11H,2-3,8-9H2,1H3,(H,21,25). The SMILES string of the molecule is CCCN1C(=O)CCc2cc(NC(=O)c3cc([N+](=O)[O-])ccc3Cl)ccc21. The first-order valence-corrected chi connectivity index (χ1v) is 8.97. The lowest BCUT2D eigenvalue weighted by molar-refractivity contribution is -0.384. The fourth-order valence-corrected chi connectivity index (χ4v) is 3.31. The molecule has 0 unspecified atom stereocenters. The number of non-ortho nitro benzene ring substituents is 1. The fraction of sp³-hybridized carbons (Fsp3) is 0.263. The molecule has 140 valence electrons. The Morgan fingerprint density at radius 3 is 2.74 bits per heavy atom. The van der Waals surface area contributed by atoms with Crippen LogP contribution in [0, 0.1) is 10.1 Å². The van der Waals surface area contributed by atoms with Crippen molar-refractivity contribution in [2.45, 2.75) is 26.2 Å². The van der Waals surface area contributed by atoms with Crippen LogP contribution in [0.2, 0.25) is 5.02 Å². The molecule has 1 aliphatic rings. The molecule has 7 nitrogen and oxygen atoms in total. The Labute approximate surface area is 161 Å². The van der Waals surface area contributed by atoms with Crippen LogP contribution in [0.25, 0.3) is 0 Å². The number of carbonyl (C=O) groups is 2. The minimum atomic E-state index is -0.578. The number of nitro benzene ring substituents is 1. The van der Waals surface area contributed by atoms with E-state index in [-0.39, 0.29) is 22.2 Å². The van der Waals surface area contributed by atoms with E-state index in [1.54, 1.807) is 11.0 Å². The summed E-state index contributed by atoms with van der Waals surface area (Å²) < 4.78 is 0. The van der Waals surface area contributed by atoms with E-state index in [1.807, 2.05) is 19.1 Å². The number of hydrogen-bond acceptors (Lipinski definition) is 4. The summed E-state index contributed by atoms with van der Waals surface area (Å²) in [5, 5.41) is 13.8. The maximum Gasteiger partial charge on any atom is 0.270 e. The fourth-order valence-electron chi connectivity index (χ4n) is 3.11. The number of hydrogen-bond donors (Lipinski definition) is 1. The van der Waals surface area contributed by atoms with Crippen LogP contribution in [0.1, 0.15) is 35.7 Å². The molecule has 0 atom stereocenters. The predicted molar refractivity (Wildman–Crippen MR) is 103 cm³/mol. The van der Waals surface area contributed by atoms with Crippen LogP contribution < -0.4 is 10.2 Å². The van der Waals surface area contributed by atoms with Crippen molar-refractivity contribution in [2.75, 3.05) is 16.8 Å². The van der Waals surface area contributed by atoms with Crippen LogP contribution in [-0.4, -0.2) is 23.3 Å². The van der Waals surface area contributed by atoms with Crippen molar-refractivity contribution in [3.63, 3.8) is 0 Å². The van der Waals surface area contributed by atoms with Gasteiger partial charge in [-0.15, -0.1) is 0 Å². The maximum absolute atomic E-state index is 12.5. The summed E-state index contributed by atoms with van der Waals surface area (Å²) >= 11 is 6.02. The first kappa shape index (κ1) is 18.8. The van der Waals surface area contributed by atoms with Crippen LogP contribution in [0.4, 0.5) is 17.1 Å². The van der Waals surface area contributed by atoms with Crippen molar-refractivity contribution < 1.29 is 14.5 Å². The van der Waals surface area contributed by atoms with Crippen molar-refractivity contribution in [1.82, 2.24) is 0 Å². The summed E-state index contributed by atoms with van der Waals surface area (Å²) in [4.78, 5) is 36.7. The molecule has 0 fully saturated rings. The second-order valence-corrected chi connectivity index (χ2v) is 6.67. The van der Waals surface area contributed by atoms with E-state index in [0.29, 0.717) is 25.1 Å². The van der Waals surface area contributed by atoms with Gasteiger partial charge in [0.2, 0.25) is 5.91 Å². The van der Waals surface area contributed by atoms with E-state index < -0.39 is 10.8 Å². The molecule has 1 heterocycles. The van der Waals surface area contributed by atoms with Gasteiger partial charge >= 0.3 is 0 Å². The third-order valence-corrected chi connectivity index (χ3v) is 4.72. The van der Waals surface area contributed by atoms with E-state index in [9.17, 15) is 19.7 Å². The summed E-state index contributed by atoms with van der Waals surface area (Å²) in [5.41, 5.74) is 2.22. The van der Waals surface area contributed by atoms with E-state index in [1.165, 1.54) is 12.1 Å². The van der Waals surface area contributed by atoms with Crippen molar-refractivity contribution in [3.05, 3.63) is 62.7 Å². The Morgan fingerprint density at radius 1 is 1.26 bits per heavy atom. The predicted octanol–water partition coefficient (Wildman–Crippen LogP) is 4.19. The Hall–Kier alpha value is -2.93. The Morgan fingerprint density at radius 2 is 2.04 bits per heavy atom. The monoisotopic (exact) mass is 387 g/mol. The third kappa shape index (κ3) is 3.93. The lowest BCUT2D eigenvalue weighted by Crippen LogP contribution is -2.35. The quantitative estimate of drug-likeness (QED) is 0.615. The third-order valence-electron chi connectivity index (χ3n) is 4.39. The zero-order chi connectivity index (χ0) is 19.6. The highest BCUT2D eigenvalue weighted by Gasteiger charge is 2.24. The molecule has 2 aromatic rings. The number of amides is 2. The van der Waals surface area contributed by atoms with Gasteiger partial charge in [-0.1, -0.05) is 18.5 Å². The number of halogens is 1. The van der Waals surface area contributed by atoms with Crippen molar-refractivity contribution >= 4 is 40.5 Å². The molecule has 0 saturated carbocycles. The normalized spacial score (nSPS) is 13.3. The van der Waals surface area contributed by atoms with E-state index in [2.05, 4.69) is 5.32 Å². The highest BCUT2D eigenvalue weighted by Crippen LogP contribution is 2.31. The maximum atomic E-state index is 12.5. The molecule has 0 aromatic heterocycles. The first-order valence-electron chi connectivity index (χ1n) is 8.59. The average Bonchev–Trinajstić information content (AvgIpc) is 2.64. The molecule has 0 spiro atoms. The Kier molecular flexibility index (Phi) is 5.41. The second kappa shape index (κ2) is 7.75. The van der Waals surface area contributed by atoms with Gasteiger partial charge in [0, 0.05) is 36.5 Å². The number of aryl methyl sites for hydroxylation is 1. The molecule has 1 N–H and O–H groups in total. The molecule has 0 radical (unpaired) electrons. The number of rotatable bonds is 5. The number of anilines is 2. The second-order valence-electron chi connectivity index (χ2n) is 6.26. The van der Waals surface area contributed by atoms with Crippen LogP contribution in [0.3, 0.4) is 0 Å². The minimum Gasteiger partial charge on any atom is -0.322 e. The largest absolute Gasteiger partial charge is 0.322 e. The molecule has 27 heavy (non-hydrogen) atoms. The number of carbonyl (C=O) groups excluding carboxylic acids is 2. The number of fused-ring (bicyclic) bond motifs is 1. The molecular weight excluding hydrogens is 370 g/mol. The summed E-state index contributed by atoms with van der Waals surface area (Å²) in [7, 11) is 0. The number of nitro groups is 1. The van der Waals surface area contributed by atoms with Crippen molar-refractivity contribution in [3.8, 4) is 0 Å². The van der Waals surface area contributed by atoms with Gasteiger partial charge in [-0.25, -0.2) is 0 Å². The van der Waals surface area contributed by atoms with Gasteiger partial charge in [-0.3, -0.25) is 19.7 Å². The Bertz CT molecular complexity index is 929. The van der Waals surface area contributed by atoms with Crippen LogP contribution in [0.5, 0.6) is 0 Å². The van der Waals surface area contributed by atoms with Crippen LogP contribution in [0.15, 0.2) is 36.4 Å². The highest BCUT2D eigenvalue weighted by molar-refractivity contribution is 6.34. The molecule has 8 heteroatoms. The highest BCUT2D eigenvalue weighted by atomic mass is 35.5. The van der Waals surface area contributed by atoms with E-state index in [0.717, 1.165) is 23.7 Å². The van der Waals surface area contributed by atoms with E-state index >= 15 is 0 Å². The molecule has 3 rings (SSSR count). The van der Waals surface area contributed by atoms with Crippen LogP contribution >= 0.6 is 11.6 Å². The van der Waals surface area contributed by atoms with Gasteiger partial charge in [-0.2, -0.15) is 0 Å². The molecule has 0 saturated heterocycles. The molecular formula is C19H18ClN3O4. The molecule has 0 bridgehead atoms. The lowest BCUT2D eigenvalue weighted by atomic mass is 10.00. The zero-order valence-corrected chi connectivity index (χ0v) is 15.5. The van der Waals surface area contributed by atoms with Gasteiger partial charge in [0.15, 0.2) is 0 Å². The van der Waals surface area contributed by atoms with Gasteiger partial charge in [-0.05, 0) is 42.7 Å². The number of nitrogens with one attached hydrogen (secondary N) is 1. The summed E-state index contributed by atoms with van der Waals surface area (Å²) in [6.07, 6.45) is 1.89. The summed E-state index contributed by atoms with van der Waals surface area (Å²) in [6, 6.07) is 9.08. The van der Waals surface area contributed by atoms with Gasteiger partial charge in [0.05, 0.1) is 15.5 Å². The summed E-state index contributed by atoms with van der Waals surface area (Å²) in [5.74, 6) is -0.425. The lowest BCUT2D eigenvalue weighted by Gasteiger charge is -2.29. The zero-order valence-electron chi connectivity index (χ0n) is 14.7. The number of nitrogens with zero attached hydrogens (tertiary/aromatic N) is 2. The van der Waals surface area contributed by atoms with Crippen molar-refractivity contribution in [2.24, 2.45) is 0 Å². The van der Waals surface area contributed by atoms with Crippen molar-refractivity contribution in [1.29, 1.82) is 0 Å². The Balaban J connectivity index is 1.85. The van der Waals surface area contributed by atoms with Gasteiger partial charge in [0.1, 0.15) is 0 Å². The smallest absolute Gasteiger partial charge is 0.270 e. The number of benzene rings is 2.